The maximum Gasteiger partial charge on any atom is 0.0698 e. The average Bonchev–Trinajstić information content (AvgIpc) is 2.06. The molecule has 3 heteroatoms. The van der Waals surface area contributed by atoms with Crippen LogP contribution in [0.1, 0.15) is 12.8 Å². The highest BCUT2D eigenvalue weighted by atomic mass is 16.5. The molecular formula is C8H18N2O. The molecule has 1 unspecified atom stereocenters. The zero-order valence-electron chi connectivity index (χ0n) is 7.25. The fourth-order valence-electron chi connectivity index (χ4n) is 1.59. The second-order valence-corrected chi connectivity index (χ2v) is 3.09. The van der Waals surface area contributed by atoms with E-state index in [1.54, 1.807) is 7.11 Å². The number of nitrogens with two attached hydrogens (primary N) is 1. The molecule has 11 heavy (non-hydrogen) atoms. The van der Waals surface area contributed by atoms with E-state index in [1.165, 1.54) is 19.4 Å². The van der Waals surface area contributed by atoms with E-state index < -0.39 is 0 Å². The minimum atomic E-state index is 0.440. The molecule has 1 aliphatic heterocycles. The first-order chi connectivity index (χ1) is 5.36. The quantitative estimate of drug-likeness (QED) is 0.631. The van der Waals surface area contributed by atoms with Crippen molar-refractivity contribution >= 4 is 0 Å². The number of piperidine rings is 1. The van der Waals surface area contributed by atoms with Gasteiger partial charge in [0.1, 0.15) is 0 Å². The van der Waals surface area contributed by atoms with Crippen molar-refractivity contribution < 1.29 is 4.74 Å². The Morgan fingerprint density at radius 2 is 2.45 bits per heavy atom. The van der Waals surface area contributed by atoms with Crippen LogP contribution in [0.5, 0.6) is 0 Å². The van der Waals surface area contributed by atoms with Gasteiger partial charge in [0.2, 0.25) is 0 Å². The highest BCUT2D eigenvalue weighted by Crippen LogP contribution is 2.11. The van der Waals surface area contributed by atoms with Crippen molar-refractivity contribution in [3.63, 3.8) is 0 Å². The van der Waals surface area contributed by atoms with Gasteiger partial charge >= 0.3 is 0 Å². The molecule has 3 nitrogen and oxygen atoms in total. The van der Waals surface area contributed by atoms with E-state index >= 15 is 0 Å². The van der Waals surface area contributed by atoms with Gasteiger partial charge in [0.05, 0.1) is 6.10 Å². The second-order valence-electron chi connectivity index (χ2n) is 3.09. The third kappa shape index (κ3) is 2.77. The standard InChI is InChI=1S/C8H18N2O/c1-11-8-3-2-5-10(7-8)6-4-9/h8H,2-7,9H2,1H3. The number of likely N-dealkylation sites (tertiary alicyclic amines) is 1. The fraction of sp³-hybridized carbons (Fsp3) is 1.00. The molecule has 1 fully saturated rings. The molecule has 2 N–H and O–H groups in total. The number of methoxy groups -OCH3 is 1. The molecule has 0 amide bonds. The molecule has 0 aromatic rings. The van der Waals surface area contributed by atoms with Crippen LogP contribution in [-0.4, -0.2) is 44.3 Å². The molecule has 0 aromatic heterocycles. The fourth-order valence-corrected chi connectivity index (χ4v) is 1.59. The van der Waals surface area contributed by atoms with E-state index in [0.717, 1.165) is 19.6 Å². The molecule has 0 radical (unpaired) electrons. The van der Waals surface area contributed by atoms with Gasteiger partial charge in [-0.15, -0.1) is 0 Å². The minimum absolute atomic E-state index is 0.440. The number of ether oxygens (including phenoxy) is 1. The maximum absolute atomic E-state index is 5.46. The van der Waals surface area contributed by atoms with Crippen LogP contribution in [0, 0.1) is 0 Å². The van der Waals surface area contributed by atoms with Gasteiger partial charge < -0.3 is 10.5 Å². The minimum Gasteiger partial charge on any atom is -0.380 e. The lowest BCUT2D eigenvalue weighted by Gasteiger charge is -2.31. The maximum atomic E-state index is 5.46. The van der Waals surface area contributed by atoms with Gasteiger partial charge in [-0.1, -0.05) is 0 Å². The predicted molar refractivity (Wildman–Crippen MR) is 45.5 cm³/mol. The van der Waals surface area contributed by atoms with Gasteiger partial charge in [0, 0.05) is 26.7 Å². The number of hydrogen-bond acceptors (Lipinski definition) is 3. The van der Waals surface area contributed by atoms with Gasteiger partial charge in [-0.3, -0.25) is 4.90 Å². The Balaban J connectivity index is 2.21. The lowest BCUT2D eigenvalue weighted by atomic mass is 10.1. The zero-order chi connectivity index (χ0) is 8.10. The summed E-state index contributed by atoms with van der Waals surface area (Å²) in [4.78, 5) is 2.37. The van der Waals surface area contributed by atoms with Crippen molar-refractivity contribution in [2.24, 2.45) is 5.73 Å². The SMILES string of the molecule is COC1CCCN(CCN)C1. The Hall–Kier alpha value is -0.120. The highest BCUT2D eigenvalue weighted by molar-refractivity contribution is 4.72. The van der Waals surface area contributed by atoms with Crippen molar-refractivity contribution in [2.75, 3.05) is 33.3 Å². The van der Waals surface area contributed by atoms with E-state index in [1.807, 2.05) is 0 Å². The highest BCUT2D eigenvalue weighted by Gasteiger charge is 2.17. The van der Waals surface area contributed by atoms with E-state index in [0.29, 0.717) is 6.10 Å². The lowest BCUT2D eigenvalue weighted by Crippen LogP contribution is -2.41. The Labute approximate surface area is 68.5 Å². The summed E-state index contributed by atoms with van der Waals surface area (Å²) in [5.41, 5.74) is 5.46. The molecule has 0 aromatic carbocycles. The molecule has 0 spiro atoms. The summed E-state index contributed by atoms with van der Waals surface area (Å²) in [6, 6.07) is 0. The Morgan fingerprint density at radius 1 is 1.64 bits per heavy atom. The van der Waals surface area contributed by atoms with Gasteiger partial charge in [-0.2, -0.15) is 0 Å². The van der Waals surface area contributed by atoms with Crippen LogP contribution in [0.25, 0.3) is 0 Å². The van der Waals surface area contributed by atoms with Crippen LogP contribution in [0.4, 0.5) is 0 Å². The molecular weight excluding hydrogens is 140 g/mol. The normalized spacial score (nSPS) is 27.3. The number of rotatable bonds is 3. The molecule has 66 valence electrons. The zero-order valence-corrected chi connectivity index (χ0v) is 7.25. The van der Waals surface area contributed by atoms with Crippen LogP contribution in [0.2, 0.25) is 0 Å². The van der Waals surface area contributed by atoms with Gasteiger partial charge in [0.15, 0.2) is 0 Å². The molecule has 0 saturated carbocycles. The monoisotopic (exact) mass is 158 g/mol. The summed E-state index contributed by atoms with van der Waals surface area (Å²) < 4.78 is 5.29. The van der Waals surface area contributed by atoms with Crippen molar-refractivity contribution in [1.29, 1.82) is 0 Å². The summed E-state index contributed by atoms with van der Waals surface area (Å²) in [7, 11) is 1.79. The smallest absolute Gasteiger partial charge is 0.0698 e. The predicted octanol–water partition coefficient (Wildman–Crippen LogP) is 0.0559. The first-order valence-electron chi connectivity index (χ1n) is 4.32. The molecule has 1 atom stereocenters. The molecule has 0 bridgehead atoms. The van der Waals surface area contributed by atoms with E-state index in [9.17, 15) is 0 Å². The van der Waals surface area contributed by atoms with E-state index in [2.05, 4.69) is 4.90 Å². The van der Waals surface area contributed by atoms with Gasteiger partial charge in [0.25, 0.3) is 0 Å². The first kappa shape index (κ1) is 8.97. The van der Waals surface area contributed by atoms with E-state index in [-0.39, 0.29) is 0 Å². The van der Waals surface area contributed by atoms with Gasteiger partial charge in [-0.05, 0) is 19.4 Å². The molecule has 1 rings (SSSR count). The van der Waals surface area contributed by atoms with E-state index in [4.69, 9.17) is 10.5 Å². The molecule has 0 aliphatic carbocycles. The van der Waals surface area contributed by atoms with Crippen molar-refractivity contribution in [1.82, 2.24) is 4.90 Å². The molecule has 1 aliphatic rings. The van der Waals surface area contributed by atoms with Gasteiger partial charge in [-0.25, -0.2) is 0 Å². The largest absolute Gasteiger partial charge is 0.380 e. The third-order valence-corrected chi connectivity index (χ3v) is 2.24. The lowest BCUT2D eigenvalue weighted by molar-refractivity contribution is 0.0326. The number of nitrogens with zero attached hydrogens (tertiary/aromatic N) is 1. The Bertz CT molecular complexity index is 106. The summed E-state index contributed by atoms with van der Waals surface area (Å²) in [6.45, 7) is 4.03. The van der Waals surface area contributed by atoms with Crippen LogP contribution >= 0.6 is 0 Å². The summed E-state index contributed by atoms with van der Waals surface area (Å²) in [6.07, 6.45) is 2.89. The van der Waals surface area contributed by atoms with Crippen LogP contribution in [-0.2, 0) is 4.74 Å². The topological polar surface area (TPSA) is 38.5 Å². The third-order valence-electron chi connectivity index (χ3n) is 2.24. The Morgan fingerprint density at radius 3 is 3.09 bits per heavy atom. The summed E-state index contributed by atoms with van der Waals surface area (Å²) in [5.74, 6) is 0. The van der Waals surface area contributed by atoms with Crippen molar-refractivity contribution in [3.8, 4) is 0 Å². The molecule has 1 saturated heterocycles. The molecule has 1 heterocycles. The van der Waals surface area contributed by atoms with Crippen molar-refractivity contribution in [3.05, 3.63) is 0 Å². The summed E-state index contributed by atoms with van der Waals surface area (Å²) in [5, 5.41) is 0. The second kappa shape index (κ2) is 4.70. The first-order valence-corrected chi connectivity index (χ1v) is 4.32. The average molecular weight is 158 g/mol. The summed E-state index contributed by atoms with van der Waals surface area (Å²) >= 11 is 0. The van der Waals surface area contributed by atoms with Crippen LogP contribution in [0.3, 0.4) is 0 Å². The number of hydrogen-bond donors (Lipinski definition) is 1. The van der Waals surface area contributed by atoms with Crippen LogP contribution < -0.4 is 5.73 Å². The van der Waals surface area contributed by atoms with Crippen LogP contribution in [0.15, 0.2) is 0 Å². The Kier molecular flexibility index (Phi) is 3.83. The van der Waals surface area contributed by atoms with Crippen molar-refractivity contribution in [2.45, 2.75) is 18.9 Å².